The molecular weight excluding hydrogens is 410 g/mol. The standard InChI is InChI=1S/C28H29N3O2/c1-2-30-20-28(24-18-22(19-29)9-12-25(24)30)14-16-31(17-15-28)27(32)26-13-11-23(33-26)10-8-21-6-4-3-5-7-21/h3-7,9,11-13,18H,2,14-17,19-20,29H2,1H3. The molecule has 1 fully saturated rings. The Morgan fingerprint density at radius 1 is 1.06 bits per heavy atom. The second-order valence-electron chi connectivity index (χ2n) is 8.92. The summed E-state index contributed by atoms with van der Waals surface area (Å²) >= 11 is 0. The molecule has 0 unspecified atom stereocenters. The van der Waals surface area contributed by atoms with Crippen LogP contribution in [0.5, 0.6) is 0 Å². The van der Waals surface area contributed by atoms with E-state index in [9.17, 15) is 4.79 Å². The Bertz CT molecular complexity index is 1210. The van der Waals surface area contributed by atoms with Gasteiger partial charge in [-0.1, -0.05) is 36.3 Å². The molecule has 3 heterocycles. The van der Waals surface area contributed by atoms with Gasteiger partial charge < -0.3 is 20.0 Å². The Morgan fingerprint density at radius 2 is 1.85 bits per heavy atom. The molecule has 0 saturated carbocycles. The van der Waals surface area contributed by atoms with Crippen molar-refractivity contribution in [3.05, 3.63) is 88.9 Å². The van der Waals surface area contributed by atoms with E-state index in [4.69, 9.17) is 10.2 Å². The maximum Gasteiger partial charge on any atom is 0.289 e. The summed E-state index contributed by atoms with van der Waals surface area (Å²) in [5.74, 6) is 6.89. The normalized spacial score (nSPS) is 16.4. The molecule has 3 aromatic rings. The third-order valence-corrected chi connectivity index (χ3v) is 7.01. The molecule has 1 amide bonds. The number of carbonyl (C=O) groups excluding carboxylic acids is 1. The van der Waals surface area contributed by atoms with Crippen LogP contribution in [0.2, 0.25) is 0 Å². The Labute approximate surface area is 195 Å². The summed E-state index contributed by atoms with van der Waals surface area (Å²) in [7, 11) is 0. The SMILES string of the molecule is CCN1CC2(CCN(C(=O)c3ccc(C#Cc4ccccc4)o3)CC2)c2cc(CN)ccc21. The first-order valence-electron chi connectivity index (χ1n) is 11.7. The lowest BCUT2D eigenvalue weighted by atomic mass is 9.74. The number of piperidine rings is 1. The Balaban J connectivity index is 1.29. The van der Waals surface area contributed by atoms with Crippen molar-refractivity contribution in [1.82, 2.24) is 4.90 Å². The van der Waals surface area contributed by atoms with Gasteiger partial charge in [0.2, 0.25) is 0 Å². The zero-order chi connectivity index (χ0) is 22.8. The molecule has 0 atom stereocenters. The van der Waals surface area contributed by atoms with E-state index in [0.717, 1.165) is 31.5 Å². The number of carbonyl (C=O) groups is 1. The molecule has 33 heavy (non-hydrogen) atoms. The van der Waals surface area contributed by atoms with E-state index in [1.165, 1.54) is 16.8 Å². The summed E-state index contributed by atoms with van der Waals surface area (Å²) < 4.78 is 5.77. The molecule has 0 radical (unpaired) electrons. The molecule has 2 aliphatic heterocycles. The Hall–Kier alpha value is -3.49. The van der Waals surface area contributed by atoms with Crippen LogP contribution >= 0.6 is 0 Å². The summed E-state index contributed by atoms with van der Waals surface area (Å²) in [6.45, 7) is 6.18. The topological polar surface area (TPSA) is 62.7 Å². The van der Waals surface area contributed by atoms with Crippen molar-refractivity contribution in [2.24, 2.45) is 5.73 Å². The predicted molar refractivity (Wildman–Crippen MR) is 130 cm³/mol. The highest BCUT2D eigenvalue weighted by atomic mass is 16.3. The van der Waals surface area contributed by atoms with E-state index < -0.39 is 0 Å². The number of likely N-dealkylation sites (N-methyl/N-ethyl adjacent to an activating group) is 1. The first-order valence-corrected chi connectivity index (χ1v) is 11.7. The number of furan rings is 1. The number of benzene rings is 2. The second-order valence-corrected chi connectivity index (χ2v) is 8.92. The number of hydrogen-bond donors (Lipinski definition) is 1. The molecule has 1 aromatic heterocycles. The van der Waals surface area contributed by atoms with Crippen molar-refractivity contribution < 1.29 is 9.21 Å². The van der Waals surface area contributed by atoms with Gasteiger partial charge in [-0.2, -0.15) is 0 Å². The monoisotopic (exact) mass is 439 g/mol. The molecule has 5 rings (SSSR count). The average Bonchev–Trinajstić information content (AvgIpc) is 3.46. The van der Waals surface area contributed by atoms with Crippen LogP contribution in [0.15, 0.2) is 65.1 Å². The van der Waals surface area contributed by atoms with Crippen LogP contribution in [0.25, 0.3) is 0 Å². The van der Waals surface area contributed by atoms with Crippen LogP contribution < -0.4 is 10.6 Å². The van der Waals surface area contributed by atoms with Crippen molar-refractivity contribution in [2.75, 3.05) is 31.1 Å². The van der Waals surface area contributed by atoms with E-state index in [0.29, 0.717) is 31.2 Å². The van der Waals surface area contributed by atoms with E-state index >= 15 is 0 Å². The van der Waals surface area contributed by atoms with Crippen molar-refractivity contribution in [2.45, 2.75) is 31.7 Å². The highest BCUT2D eigenvalue weighted by Gasteiger charge is 2.45. The minimum atomic E-state index is -0.0566. The minimum Gasteiger partial charge on any atom is -0.443 e. The molecule has 2 aliphatic rings. The fourth-order valence-corrected chi connectivity index (χ4v) is 5.12. The number of likely N-dealkylation sites (tertiary alicyclic amines) is 1. The van der Waals surface area contributed by atoms with Crippen molar-refractivity contribution in [3.8, 4) is 11.8 Å². The smallest absolute Gasteiger partial charge is 0.289 e. The molecule has 2 N–H and O–H groups in total. The summed E-state index contributed by atoms with van der Waals surface area (Å²) in [6.07, 6.45) is 1.88. The quantitative estimate of drug-likeness (QED) is 0.623. The number of amides is 1. The van der Waals surface area contributed by atoms with Crippen LogP contribution in [-0.4, -0.2) is 37.0 Å². The van der Waals surface area contributed by atoms with Crippen LogP contribution in [0, 0.1) is 11.8 Å². The third-order valence-electron chi connectivity index (χ3n) is 7.01. The highest BCUT2D eigenvalue weighted by Crippen LogP contribution is 2.47. The molecule has 168 valence electrons. The Morgan fingerprint density at radius 3 is 2.58 bits per heavy atom. The predicted octanol–water partition coefficient (Wildman–Crippen LogP) is 4.15. The Kier molecular flexibility index (Phi) is 5.70. The van der Waals surface area contributed by atoms with E-state index in [1.807, 2.05) is 35.2 Å². The molecule has 2 aromatic carbocycles. The molecule has 5 heteroatoms. The zero-order valence-corrected chi connectivity index (χ0v) is 19.0. The summed E-state index contributed by atoms with van der Waals surface area (Å²) in [4.78, 5) is 17.5. The van der Waals surface area contributed by atoms with Crippen LogP contribution in [0.1, 0.15) is 52.8 Å². The number of hydrogen-bond acceptors (Lipinski definition) is 4. The van der Waals surface area contributed by atoms with Gasteiger partial charge in [0.1, 0.15) is 0 Å². The van der Waals surface area contributed by atoms with Crippen LogP contribution in [0.4, 0.5) is 5.69 Å². The van der Waals surface area contributed by atoms with Gasteiger partial charge in [-0.15, -0.1) is 0 Å². The van der Waals surface area contributed by atoms with Gasteiger partial charge in [-0.05, 0) is 67.1 Å². The number of rotatable bonds is 3. The second kappa shape index (κ2) is 8.80. The lowest BCUT2D eigenvalue weighted by molar-refractivity contribution is 0.0641. The fraction of sp³-hybridized carbons (Fsp3) is 0.321. The van der Waals surface area contributed by atoms with Gasteiger partial charge in [0.15, 0.2) is 11.5 Å². The fourth-order valence-electron chi connectivity index (χ4n) is 5.12. The van der Waals surface area contributed by atoms with Gasteiger partial charge >= 0.3 is 0 Å². The van der Waals surface area contributed by atoms with E-state index in [-0.39, 0.29) is 11.3 Å². The first-order chi connectivity index (χ1) is 16.1. The number of anilines is 1. The number of nitrogens with zero attached hydrogens (tertiary/aromatic N) is 2. The maximum atomic E-state index is 13.1. The van der Waals surface area contributed by atoms with Gasteiger partial charge in [-0.3, -0.25) is 4.79 Å². The largest absolute Gasteiger partial charge is 0.443 e. The number of nitrogens with two attached hydrogens (primary N) is 1. The lowest BCUT2D eigenvalue weighted by Gasteiger charge is -2.39. The summed E-state index contributed by atoms with van der Waals surface area (Å²) in [5.41, 5.74) is 10.8. The van der Waals surface area contributed by atoms with Crippen molar-refractivity contribution >= 4 is 11.6 Å². The van der Waals surface area contributed by atoms with Crippen LogP contribution in [-0.2, 0) is 12.0 Å². The molecular formula is C28H29N3O2. The maximum absolute atomic E-state index is 13.1. The average molecular weight is 440 g/mol. The first kappa shape index (κ1) is 21.4. The van der Waals surface area contributed by atoms with Gasteiger partial charge in [-0.25, -0.2) is 0 Å². The zero-order valence-electron chi connectivity index (χ0n) is 19.0. The van der Waals surface area contributed by atoms with Gasteiger partial charge in [0.25, 0.3) is 5.91 Å². The highest BCUT2D eigenvalue weighted by molar-refractivity contribution is 5.91. The molecule has 5 nitrogen and oxygen atoms in total. The van der Waals surface area contributed by atoms with Crippen molar-refractivity contribution in [3.63, 3.8) is 0 Å². The number of fused-ring (bicyclic) bond motifs is 2. The van der Waals surface area contributed by atoms with E-state index in [1.54, 1.807) is 12.1 Å². The molecule has 1 spiro atoms. The lowest BCUT2D eigenvalue weighted by Crippen LogP contribution is -2.47. The molecule has 1 saturated heterocycles. The minimum absolute atomic E-state index is 0.0566. The van der Waals surface area contributed by atoms with Gasteiger partial charge in [0.05, 0.1) is 0 Å². The molecule has 0 aliphatic carbocycles. The van der Waals surface area contributed by atoms with Crippen LogP contribution in [0.3, 0.4) is 0 Å². The van der Waals surface area contributed by atoms with Crippen molar-refractivity contribution in [1.29, 1.82) is 0 Å². The van der Waals surface area contributed by atoms with Gasteiger partial charge in [0, 0.05) is 49.4 Å². The summed E-state index contributed by atoms with van der Waals surface area (Å²) in [5, 5.41) is 0. The summed E-state index contributed by atoms with van der Waals surface area (Å²) in [6, 6.07) is 19.9. The molecule has 0 bridgehead atoms. The van der Waals surface area contributed by atoms with E-state index in [2.05, 4.69) is 41.9 Å². The third kappa shape index (κ3) is 4.03.